The molecule has 0 amide bonds. The first-order valence-electron chi connectivity index (χ1n) is 5.40. The van der Waals surface area contributed by atoms with E-state index in [0.29, 0.717) is 17.2 Å². The molecule has 2 aliphatic rings. The quantitative estimate of drug-likeness (QED) is 0.675. The van der Waals surface area contributed by atoms with Crippen LogP contribution in [0.3, 0.4) is 0 Å². The molecule has 1 unspecified atom stereocenters. The van der Waals surface area contributed by atoms with Crippen LogP contribution in [0, 0.1) is 0 Å². The lowest BCUT2D eigenvalue weighted by Crippen LogP contribution is -2.55. The number of piperazine rings is 1. The highest BCUT2D eigenvalue weighted by molar-refractivity contribution is 6.29. The average Bonchev–Trinajstić information content (AvgIpc) is 2.57. The number of fused-ring (bicyclic) bond motifs is 3. The van der Waals surface area contributed by atoms with Gasteiger partial charge in [-0.15, -0.1) is 0 Å². The number of aromatic nitrogens is 1. The Kier molecular flexibility index (Phi) is 2.11. The molecule has 0 saturated carbocycles. The largest absolute Gasteiger partial charge is 0.348 e. The first kappa shape index (κ1) is 9.43. The van der Waals surface area contributed by atoms with Crippen LogP contribution in [0.15, 0.2) is 12.1 Å². The van der Waals surface area contributed by atoms with Crippen LogP contribution in [0.4, 0.5) is 5.82 Å². The van der Waals surface area contributed by atoms with Gasteiger partial charge in [-0.05, 0) is 25.0 Å². The third-order valence-electron chi connectivity index (χ3n) is 3.31. The molecule has 3 nitrogen and oxygen atoms in total. The van der Waals surface area contributed by atoms with Crippen molar-refractivity contribution in [2.45, 2.75) is 25.4 Å². The minimum Gasteiger partial charge on any atom is -0.348 e. The van der Waals surface area contributed by atoms with Crippen LogP contribution < -0.4 is 10.2 Å². The minimum atomic E-state index is 0.510. The number of nitrogens with zero attached hydrogens (tertiary/aromatic N) is 2. The highest BCUT2D eigenvalue weighted by Gasteiger charge is 2.36. The molecule has 0 aromatic carbocycles. The van der Waals surface area contributed by atoms with Gasteiger partial charge < -0.3 is 10.2 Å². The summed E-state index contributed by atoms with van der Waals surface area (Å²) in [4.78, 5) is 6.87. The number of hydrogen-bond donors (Lipinski definition) is 1. The first-order valence-corrected chi connectivity index (χ1v) is 5.78. The zero-order valence-corrected chi connectivity index (χ0v) is 9.46. The summed E-state index contributed by atoms with van der Waals surface area (Å²) in [5.41, 5.74) is 1.33. The predicted octanol–water partition coefficient (Wildman–Crippen LogP) is 1.46. The fraction of sp³-hybridized carbons (Fsp3) is 0.545. The van der Waals surface area contributed by atoms with Gasteiger partial charge in [0.15, 0.2) is 0 Å². The van der Waals surface area contributed by atoms with E-state index >= 15 is 0 Å². The zero-order valence-electron chi connectivity index (χ0n) is 8.70. The number of halogens is 1. The van der Waals surface area contributed by atoms with Crippen molar-refractivity contribution in [3.8, 4) is 0 Å². The standard InChI is InChI=1S/C11H14ClN3/c1-7-5-13-6-9-4-8-2-3-10(12)14-11(8)15(7)9/h2-3,7,9,13H,4-6H2,1H3/t7-,9?/m1/s1. The van der Waals surface area contributed by atoms with Gasteiger partial charge in [0.05, 0.1) is 0 Å². The lowest BCUT2D eigenvalue weighted by Gasteiger charge is -2.37. The first-order chi connectivity index (χ1) is 7.25. The summed E-state index contributed by atoms with van der Waals surface area (Å²) in [5.74, 6) is 1.10. The normalized spacial score (nSPS) is 28.8. The average molecular weight is 224 g/mol. The van der Waals surface area contributed by atoms with E-state index in [2.05, 4.69) is 28.2 Å². The maximum Gasteiger partial charge on any atom is 0.134 e. The molecule has 1 saturated heterocycles. The molecule has 1 aromatic rings. The molecule has 0 radical (unpaired) electrons. The van der Waals surface area contributed by atoms with Crippen molar-refractivity contribution in [1.82, 2.24) is 10.3 Å². The van der Waals surface area contributed by atoms with Crippen molar-refractivity contribution in [2.24, 2.45) is 0 Å². The Morgan fingerprint density at radius 2 is 2.33 bits per heavy atom. The third kappa shape index (κ3) is 1.42. The van der Waals surface area contributed by atoms with E-state index in [-0.39, 0.29) is 0 Å². The van der Waals surface area contributed by atoms with Crippen molar-refractivity contribution in [3.05, 3.63) is 22.8 Å². The fourth-order valence-electron chi connectivity index (χ4n) is 2.66. The molecular weight excluding hydrogens is 210 g/mol. The zero-order chi connectivity index (χ0) is 10.4. The van der Waals surface area contributed by atoms with Gasteiger partial charge in [0, 0.05) is 25.2 Å². The monoisotopic (exact) mass is 223 g/mol. The summed E-state index contributed by atoms with van der Waals surface area (Å²) >= 11 is 5.95. The molecule has 0 bridgehead atoms. The van der Waals surface area contributed by atoms with Gasteiger partial charge in [0.25, 0.3) is 0 Å². The second kappa shape index (κ2) is 3.35. The molecule has 80 valence electrons. The summed E-state index contributed by atoms with van der Waals surface area (Å²) in [6, 6.07) is 5.07. The summed E-state index contributed by atoms with van der Waals surface area (Å²) in [5, 5.41) is 4.05. The van der Waals surface area contributed by atoms with Gasteiger partial charge in [-0.1, -0.05) is 17.7 Å². The summed E-state index contributed by atoms with van der Waals surface area (Å²) < 4.78 is 0. The van der Waals surface area contributed by atoms with Crippen molar-refractivity contribution < 1.29 is 0 Å². The highest BCUT2D eigenvalue weighted by atomic mass is 35.5. The Morgan fingerprint density at radius 1 is 1.47 bits per heavy atom. The Bertz CT molecular complexity index is 393. The third-order valence-corrected chi connectivity index (χ3v) is 3.52. The Hall–Kier alpha value is -0.800. The second-order valence-electron chi connectivity index (χ2n) is 4.39. The summed E-state index contributed by atoms with van der Waals surface area (Å²) in [6.07, 6.45) is 1.09. The number of nitrogens with one attached hydrogen (secondary N) is 1. The van der Waals surface area contributed by atoms with E-state index in [9.17, 15) is 0 Å². The van der Waals surface area contributed by atoms with Gasteiger partial charge in [-0.25, -0.2) is 4.98 Å². The topological polar surface area (TPSA) is 28.2 Å². The van der Waals surface area contributed by atoms with E-state index < -0.39 is 0 Å². The van der Waals surface area contributed by atoms with Crippen LogP contribution >= 0.6 is 11.6 Å². The van der Waals surface area contributed by atoms with E-state index in [1.54, 1.807) is 0 Å². The van der Waals surface area contributed by atoms with Gasteiger partial charge in [0.1, 0.15) is 11.0 Å². The van der Waals surface area contributed by atoms with Crippen LogP contribution in [-0.4, -0.2) is 30.2 Å². The number of anilines is 1. The number of hydrogen-bond acceptors (Lipinski definition) is 3. The molecule has 4 heteroatoms. The van der Waals surface area contributed by atoms with Crippen LogP contribution in [0.1, 0.15) is 12.5 Å². The number of pyridine rings is 1. The van der Waals surface area contributed by atoms with Gasteiger partial charge in [0.2, 0.25) is 0 Å². The molecule has 0 aliphatic carbocycles. The second-order valence-corrected chi connectivity index (χ2v) is 4.78. The van der Waals surface area contributed by atoms with Crippen molar-refractivity contribution in [2.75, 3.05) is 18.0 Å². The fourth-order valence-corrected chi connectivity index (χ4v) is 2.80. The van der Waals surface area contributed by atoms with Crippen LogP contribution in [0.25, 0.3) is 0 Å². The SMILES string of the molecule is C[C@@H]1CNCC2Cc3ccc(Cl)nc3N21. The lowest BCUT2D eigenvalue weighted by atomic mass is 10.1. The molecule has 2 aliphatic heterocycles. The molecule has 3 rings (SSSR count). The maximum atomic E-state index is 5.95. The van der Waals surface area contributed by atoms with Crippen molar-refractivity contribution in [3.63, 3.8) is 0 Å². The Labute approximate surface area is 94.4 Å². The van der Waals surface area contributed by atoms with E-state index in [1.165, 1.54) is 5.56 Å². The molecule has 2 atom stereocenters. The van der Waals surface area contributed by atoms with E-state index in [4.69, 9.17) is 11.6 Å². The highest BCUT2D eigenvalue weighted by Crippen LogP contribution is 2.34. The summed E-state index contributed by atoms with van der Waals surface area (Å²) in [7, 11) is 0. The molecule has 3 heterocycles. The van der Waals surface area contributed by atoms with Gasteiger partial charge in [-0.3, -0.25) is 0 Å². The van der Waals surface area contributed by atoms with Crippen molar-refractivity contribution in [1.29, 1.82) is 0 Å². The lowest BCUT2D eigenvalue weighted by molar-refractivity contribution is 0.428. The summed E-state index contributed by atoms with van der Waals surface area (Å²) in [6.45, 7) is 4.32. The van der Waals surface area contributed by atoms with Crippen LogP contribution in [0.5, 0.6) is 0 Å². The Morgan fingerprint density at radius 3 is 3.20 bits per heavy atom. The van der Waals surface area contributed by atoms with Gasteiger partial charge >= 0.3 is 0 Å². The molecular formula is C11H14ClN3. The van der Waals surface area contributed by atoms with E-state index in [1.807, 2.05) is 6.07 Å². The molecule has 1 N–H and O–H groups in total. The van der Waals surface area contributed by atoms with Crippen LogP contribution in [0.2, 0.25) is 5.15 Å². The van der Waals surface area contributed by atoms with Gasteiger partial charge in [-0.2, -0.15) is 0 Å². The molecule has 1 fully saturated rings. The molecule has 15 heavy (non-hydrogen) atoms. The minimum absolute atomic E-state index is 0.510. The molecule has 1 aromatic heterocycles. The van der Waals surface area contributed by atoms with Crippen LogP contribution in [-0.2, 0) is 6.42 Å². The number of rotatable bonds is 0. The smallest absolute Gasteiger partial charge is 0.134 e. The van der Waals surface area contributed by atoms with Crippen molar-refractivity contribution >= 4 is 17.4 Å². The maximum absolute atomic E-state index is 5.95. The van der Waals surface area contributed by atoms with E-state index in [0.717, 1.165) is 25.3 Å². The predicted molar refractivity (Wildman–Crippen MR) is 61.5 cm³/mol. The Balaban J connectivity index is 2.04. The molecule has 0 spiro atoms.